The number of H-pyrrole nitrogens is 1. The molecule has 4 rings (SSSR count). The van der Waals surface area contributed by atoms with Crippen LogP contribution in [0.2, 0.25) is 0 Å². The molecule has 0 bridgehead atoms. The summed E-state index contributed by atoms with van der Waals surface area (Å²) in [6.07, 6.45) is 0.295. The van der Waals surface area contributed by atoms with E-state index in [-0.39, 0.29) is 11.9 Å². The van der Waals surface area contributed by atoms with Crippen LogP contribution < -0.4 is 10.1 Å². The molecule has 0 aliphatic heterocycles. The number of aryl methyl sites for hydroxylation is 1. The van der Waals surface area contributed by atoms with Gasteiger partial charge in [-0.25, -0.2) is 4.98 Å². The van der Waals surface area contributed by atoms with E-state index in [9.17, 15) is 9.59 Å². The maximum atomic E-state index is 12.7. The molecule has 0 atom stereocenters. The fourth-order valence-corrected chi connectivity index (χ4v) is 3.07. The summed E-state index contributed by atoms with van der Waals surface area (Å²) >= 11 is 0. The van der Waals surface area contributed by atoms with Crippen molar-refractivity contribution in [2.45, 2.75) is 20.3 Å². The minimum Gasteiger partial charge on any atom is -0.427 e. The van der Waals surface area contributed by atoms with Gasteiger partial charge in [-0.05, 0) is 55.0 Å². The first-order chi connectivity index (χ1) is 14.5. The molecule has 30 heavy (non-hydrogen) atoms. The molecule has 0 saturated heterocycles. The Morgan fingerprint density at radius 3 is 2.53 bits per heavy atom. The lowest BCUT2D eigenvalue weighted by molar-refractivity contribution is -0.134. The lowest BCUT2D eigenvalue weighted by Crippen LogP contribution is -2.13. The topological polar surface area (TPSA) is 84.1 Å². The number of para-hydroxylation sites is 2. The number of anilines is 1. The molecular formula is C24H21N3O3. The van der Waals surface area contributed by atoms with Gasteiger partial charge in [-0.15, -0.1) is 0 Å². The standard InChI is InChI=1S/C24H21N3O3/c1-3-22(28)30-18-12-10-16(11-13-18)24(29)27-21-14-17(9-8-15(21)2)23-25-19-6-4-5-7-20(19)26-23/h4-14H,3H2,1-2H3,(H,25,26)(H,27,29). The third-order valence-electron chi connectivity index (χ3n) is 4.79. The van der Waals surface area contributed by atoms with E-state index >= 15 is 0 Å². The molecule has 1 amide bonds. The van der Waals surface area contributed by atoms with Crippen LogP contribution in [-0.4, -0.2) is 21.8 Å². The number of aromatic amines is 1. The first-order valence-corrected chi connectivity index (χ1v) is 9.71. The fourth-order valence-electron chi connectivity index (χ4n) is 3.07. The molecule has 0 spiro atoms. The van der Waals surface area contributed by atoms with Crippen molar-refractivity contribution in [2.24, 2.45) is 0 Å². The second-order valence-corrected chi connectivity index (χ2v) is 6.94. The zero-order valence-corrected chi connectivity index (χ0v) is 16.7. The summed E-state index contributed by atoms with van der Waals surface area (Å²) in [5.74, 6) is 0.605. The SMILES string of the molecule is CCC(=O)Oc1ccc(C(=O)Nc2cc(-c3nc4ccccc4[nH]3)ccc2C)cc1. The largest absolute Gasteiger partial charge is 0.427 e. The zero-order valence-electron chi connectivity index (χ0n) is 16.7. The summed E-state index contributed by atoms with van der Waals surface area (Å²) in [5.41, 5.74) is 4.86. The normalized spacial score (nSPS) is 10.7. The Morgan fingerprint density at radius 2 is 1.80 bits per heavy atom. The highest BCUT2D eigenvalue weighted by molar-refractivity contribution is 6.05. The van der Waals surface area contributed by atoms with Gasteiger partial charge in [0.15, 0.2) is 0 Å². The Kier molecular flexibility index (Phi) is 5.30. The number of fused-ring (bicyclic) bond motifs is 1. The Hall–Kier alpha value is -3.93. The van der Waals surface area contributed by atoms with Gasteiger partial charge in [-0.1, -0.05) is 31.2 Å². The van der Waals surface area contributed by atoms with Crippen molar-refractivity contribution < 1.29 is 14.3 Å². The van der Waals surface area contributed by atoms with Crippen molar-refractivity contribution in [1.82, 2.24) is 9.97 Å². The van der Waals surface area contributed by atoms with Gasteiger partial charge in [0, 0.05) is 23.2 Å². The Morgan fingerprint density at radius 1 is 1.03 bits per heavy atom. The van der Waals surface area contributed by atoms with E-state index < -0.39 is 0 Å². The Balaban J connectivity index is 1.54. The van der Waals surface area contributed by atoms with Crippen molar-refractivity contribution in [3.63, 3.8) is 0 Å². The number of aromatic nitrogens is 2. The van der Waals surface area contributed by atoms with Gasteiger partial charge in [0.25, 0.3) is 5.91 Å². The number of hydrogen-bond donors (Lipinski definition) is 2. The molecule has 1 heterocycles. The molecule has 3 aromatic carbocycles. The van der Waals surface area contributed by atoms with Gasteiger partial charge < -0.3 is 15.0 Å². The second-order valence-electron chi connectivity index (χ2n) is 6.94. The van der Waals surface area contributed by atoms with Crippen LogP contribution in [0.1, 0.15) is 29.3 Å². The number of ether oxygens (including phenoxy) is 1. The predicted molar refractivity (Wildman–Crippen MR) is 117 cm³/mol. The number of rotatable bonds is 5. The van der Waals surface area contributed by atoms with Crippen LogP contribution in [0.4, 0.5) is 5.69 Å². The first kappa shape index (κ1) is 19.4. The molecule has 6 heteroatoms. The van der Waals surface area contributed by atoms with E-state index in [0.717, 1.165) is 28.0 Å². The highest BCUT2D eigenvalue weighted by Crippen LogP contribution is 2.26. The lowest BCUT2D eigenvalue weighted by atomic mass is 10.1. The monoisotopic (exact) mass is 399 g/mol. The van der Waals surface area contributed by atoms with E-state index in [1.165, 1.54) is 0 Å². The number of benzene rings is 3. The van der Waals surface area contributed by atoms with Crippen LogP contribution in [0.25, 0.3) is 22.4 Å². The van der Waals surface area contributed by atoms with E-state index in [1.807, 2.05) is 49.4 Å². The van der Waals surface area contributed by atoms with Gasteiger partial charge >= 0.3 is 5.97 Å². The van der Waals surface area contributed by atoms with E-state index in [1.54, 1.807) is 31.2 Å². The number of carbonyl (C=O) groups excluding carboxylic acids is 2. The number of esters is 1. The average Bonchev–Trinajstić information content (AvgIpc) is 3.20. The summed E-state index contributed by atoms with van der Waals surface area (Å²) in [5, 5.41) is 2.95. The molecule has 1 aromatic heterocycles. The van der Waals surface area contributed by atoms with Crippen LogP contribution in [0, 0.1) is 6.92 Å². The number of nitrogens with zero attached hydrogens (tertiary/aromatic N) is 1. The average molecular weight is 399 g/mol. The quantitative estimate of drug-likeness (QED) is 0.361. The zero-order chi connectivity index (χ0) is 21.1. The summed E-state index contributed by atoms with van der Waals surface area (Å²) in [4.78, 5) is 32.0. The van der Waals surface area contributed by atoms with Crippen molar-refractivity contribution >= 4 is 28.6 Å². The number of carbonyl (C=O) groups is 2. The van der Waals surface area contributed by atoms with Gasteiger partial charge in [-0.3, -0.25) is 9.59 Å². The fraction of sp³-hybridized carbons (Fsp3) is 0.125. The smallest absolute Gasteiger partial charge is 0.310 e. The van der Waals surface area contributed by atoms with E-state index in [4.69, 9.17) is 4.74 Å². The van der Waals surface area contributed by atoms with Crippen LogP contribution in [0.5, 0.6) is 5.75 Å². The molecule has 4 aromatic rings. The number of amides is 1. The lowest BCUT2D eigenvalue weighted by Gasteiger charge is -2.10. The van der Waals surface area contributed by atoms with Gasteiger partial charge in [0.1, 0.15) is 11.6 Å². The Bertz CT molecular complexity index is 1190. The van der Waals surface area contributed by atoms with Gasteiger partial charge in [0.05, 0.1) is 11.0 Å². The predicted octanol–water partition coefficient (Wildman–Crippen LogP) is 5.11. The van der Waals surface area contributed by atoms with E-state index in [0.29, 0.717) is 23.4 Å². The molecular weight excluding hydrogens is 378 g/mol. The van der Waals surface area contributed by atoms with E-state index in [2.05, 4.69) is 15.3 Å². The second kappa shape index (κ2) is 8.21. The van der Waals surface area contributed by atoms with Crippen LogP contribution in [0.3, 0.4) is 0 Å². The number of imidazole rings is 1. The summed E-state index contributed by atoms with van der Waals surface area (Å²) in [6, 6.07) is 20.1. The van der Waals surface area contributed by atoms with Crippen LogP contribution in [-0.2, 0) is 4.79 Å². The molecule has 0 fully saturated rings. The number of nitrogens with one attached hydrogen (secondary N) is 2. The summed E-state index contributed by atoms with van der Waals surface area (Å²) in [7, 11) is 0. The van der Waals surface area contributed by atoms with Gasteiger partial charge in [0.2, 0.25) is 0 Å². The van der Waals surface area contributed by atoms with Crippen molar-refractivity contribution in [1.29, 1.82) is 0 Å². The molecule has 0 radical (unpaired) electrons. The van der Waals surface area contributed by atoms with Crippen molar-refractivity contribution in [3.8, 4) is 17.1 Å². The molecule has 6 nitrogen and oxygen atoms in total. The molecule has 0 unspecified atom stereocenters. The molecule has 0 saturated carbocycles. The minimum absolute atomic E-state index is 0.242. The maximum Gasteiger partial charge on any atom is 0.310 e. The van der Waals surface area contributed by atoms with Crippen LogP contribution in [0.15, 0.2) is 66.7 Å². The third kappa shape index (κ3) is 4.07. The van der Waals surface area contributed by atoms with Gasteiger partial charge in [-0.2, -0.15) is 0 Å². The summed E-state index contributed by atoms with van der Waals surface area (Å²) < 4.78 is 5.14. The molecule has 0 aliphatic rings. The highest BCUT2D eigenvalue weighted by Gasteiger charge is 2.12. The highest BCUT2D eigenvalue weighted by atomic mass is 16.5. The molecule has 150 valence electrons. The minimum atomic E-state index is -0.315. The Labute approximate surface area is 173 Å². The van der Waals surface area contributed by atoms with Crippen molar-refractivity contribution in [3.05, 3.63) is 77.9 Å². The van der Waals surface area contributed by atoms with Crippen molar-refractivity contribution in [2.75, 3.05) is 5.32 Å². The van der Waals surface area contributed by atoms with Crippen LogP contribution >= 0.6 is 0 Å². The molecule has 0 aliphatic carbocycles. The number of hydrogen-bond acceptors (Lipinski definition) is 4. The summed E-state index contributed by atoms with van der Waals surface area (Å²) in [6.45, 7) is 3.66. The third-order valence-corrected chi connectivity index (χ3v) is 4.79. The maximum absolute atomic E-state index is 12.7. The molecule has 2 N–H and O–H groups in total. The first-order valence-electron chi connectivity index (χ1n) is 9.71.